The first-order chi connectivity index (χ1) is 10.7. The second-order valence-electron chi connectivity index (χ2n) is 7.36. The van der Waals surface area contributed by atoms with E-state index in [1.807, 2.05) is 0 Å². The summed E-state index contributed by atoms with van der Waals surface area (Å²) in [4.78, 5) is 0. The van der Waals surface area contributed by atoms with Gasteiger partial charge in [0, 0.05) is 17.5 Å². The van der Waals surface area contributed by atoms with Crippen molar-refractivity contribution < 1.29 is 0 Å². The molecular formula is C21H25N. The molecule has 0 radical (unpaired) electrons. The zero-order valence-corrected chi connectivity index (χ0v) is 13.6. The van der Waals surface area contributed by atoms with Crippen molar-refractivity contribution in [3.63, 3.8) is 0 Å². The van der Waals surface area contributed by atoms with Gasteiger partial charge in [0.05, 0.1) is 0 Å². The molecule has 0 fully saturated rings. The van der Waals surface area contributed by atoms with Crippen LogP contribution < -0.4 is 5.32 Å². The van der Waals surface area contributed by atoms with Crippen LogP contribution in [0.5, 0.6) is 0 Å². The molecule has 22 heavy (non-hydrogen) atoms. The summed E-state index contributed by atoms with van der Waals surface area (Å²) in [5.41, 5.74) is 6.17. The van der Waals surface area contributed by atoms with Gasteiger partial charge in [0.25, 0.3) is 0 Å². The summed E-state index contributed by atoms with van der Waals surface area (Å²) >= 11 is 0. The second-order valence-corrected chi connectivity index (χ2v) is 7.36. The maximum absolute atomic E-state index is 3.83. The lowest BCUT2D eigenvalue weighted by Gasteiger charge is -2.31. The molecule has 1 aromatic carbocycles. The molecule has 2 atom stereocenters. The first kappa shape index (κ1) is 14.0. The number of allylic oxidation sites excluding steroid dienone is 3. The standard InChI is InChI=1S/C21H25N/c1-21(2)19-11-7-6-10-17(19)18-13-12-16(14-20(18)21)22-15-8-4-3-5-9-15/h4,6-8,10-13,15-16,22H,3,5,9,14H2,1-2H3. The molecule has 0 aromatic heterocycles. The number of hydrogen-bond acceptors (Lipinski definition) is 1. The quantitative estimate of drug-likeness (QED) is 0.775. The molecule has 1 aromatic rings. The third kappa shape index (κ3) is 2.19. The third-order valence-corrected chi connectivity index (χ3v) is 5.57. The molecule has 0 saturated carbocycles. The summed E-state index contributed by atoms with van der Waals surface area (Å²) < 4.78 is 0. The van der Waals surface area contributed by atoms with Crippen molar-refractivity contribution in [2.75, 3.05) is 0 Å². The van der Waals surface area contributed by atoms with Crippen molar-refractivity contribution in [3.05, 3.63) is 65.3 Å². The van der Waals surface area contributed by atoms with E-state index in [2.05, 4.69) is 67.7 Å². The Labute approximate surface area is 133 Å². The van der Waals surface area contributed by atoms with Crippen LogP contribution >= 0.6 is 0 Å². The molecule has 3 aliphatic carbocycles. The van der Waals surface area contributed by atoms with Crippen LogP contribution in [-0.2, 0) is 5.41 Å². The Bertz CT molecular complexity index is 675. The van der Waals surface area contributed by atoms with Gasteiger partial charge in [-0.1, -0.05) is 68.0 Å². The van der Waals surface area contributed by atoms with Gasteiger partial charge in [0.15, 0.2) is 0 Å². The molecule has 1 heteroatoms. The van der Waals surface area contributed by atoms with Gasteiger partial charge in [-0.05, 0) is 42.4 Å². The summed E-state index contributed by atoms with van der Waals surface area (Å²) in [6.07, 6.45) is 14.4. The van der Waals surface area contributed by atoms with E-state index in [0.29, 0.717) is 12.1 Å². The molecule has 4 rings (SSSR count). The molecule has 3 aliphatic rings. The average Bonchev–Trinajstić information content (AvgIpc) is 2.77. The van der Waals surface area contributed by atoms with Crippen LogP contribution in [0, 0.1) is 0 Å². The van der Waals surface area contributed by atoms with Crippen molar-refractivity contribution in [1.82, 2.24) is 5.32 Å². The number of nitrogens with one attached hydrogen (secondary N) is 1. The van der Waals surface area contributed by atoms with Crippen LogP contribution in [0.4, 0.5) is 0 Å². The fourth-order valence-electron chi connectivity index (χ4n) is 4.32. The van der Waals surface area contributed by atoms with Crippen molar-refractivity contribution in [1.29, 1.82) is 0 Å². The van der Waals surface area contributed by atoms with Crippen LogP contribution in [0.25, 0.3) is 5.57 Å². The van der Waals surface area contributed by atoms with Crippen LogP contribution in [0.15, 0.2) is 54.1 Å². The fraction of sp³-hybridized carbons (Fsp3) is 0.429. The highest BCUT2D eigenvalue weighted by molar-refractivity contribution is 5.86. The molecule has 0 spiro atoms. The largest absolute Gasteiger partial charge is 0.304 e. The molecule has 0 aliphatic heterocycles. The zero-order chi connectivity index (χ0) is 15.2. The molecular weight excluding hydrogens is 266 g/mol. The van der Waals surface area contributed by atoms with E-state index in [4.69, 9.17) is 0 Å². The number of rotatable bonds is 2. The molecule has 114 valence electrons. The summed E-state index contributed by atoms with van der Waals surface area (Å²) in [5.74, 6) is 0. The van der Waals surface area contributed by atoms with Gasteiger partial charge in [0.1, 0.15) is 0 Å². The van der Waals surface area contributed by atoms with Gasteiger partial charge in [-0.2, -0.15) is 0 Å². The molecule has 0 bridgehead atoms. The van der Waals surface area contributed by atoms with Crippen LogP contribution in [0.1, 0.15) is 50.7 Å². The SMILES string of the molecule is CC1(C)C2=C(C=CC(NC3C=CCCC3)C2)c2ccccc21. The highest BCUT2D eigenvalue weighted by Gasteiger charge is 2.38. The normalized spacial score (nSPS) is 28.6. The highest BCUT2D eigenvalue weighted by Crippen LogP contribution is 2.49. The molecule has 0 heterocycles. The Balaban J connectivity index is 1.59. The van der Waals surface area contributed by atoms with Gasteiger partial charge in [-0.25, -0.2) is 0 Å². The van der Waals surface area contributed by atoms with Crippen molar-refractivity contribution in [2.24, 2.45) is 0 Å². The minimum absolute atomic E-state index is 0.166. The van der Waals surface area contributed by atoms with Gasteiger partial charge in [-0.3, -0.25) is 0 Å². The monoisotopic (exact) mass is 291 g/mol. The average molecular weight is 291 g/mol. The Morgan fingerprint density at radius 2 is 1.95 bits per heavy atom. The molecule has 0 saturated heterocycles. The summed E-state index contributed by atoms with van der Waals surface area (Å²) in [6.45, 7) is 4.76. The lowest BCUT2D eigenvalue weighted by atomic mass is 9.77. The summed E-state index contributed by atoms with van der Waals surface area (Å²) in [6, 6.07) is 9.94. The van der Waals surface area contributed by atoms with Crippen LogP contribution in [0.2, 0.25) is 0 Å². The van der Waals surface area contributed by atoms with Crippen LogP contribution in [0.3, 0.4) is 0 Å². The number of fused-ring (bicyclic) bond motifs is 2. The maximum atomic E-state index is 3.83. The van der Waals surface area contributed by atoms with Crippen molar-refractivity contribution >= 4 is 5.57 Å². The molecule has 1 N–H and O–H groups in total. The fourth-order valence-corrected chi connectivity index (χ4v) is 4.32. The lowest BCUT2D eigenvalue weighted by molar-refractivity contribution is 0.462. The van der Waals surface area contributed by atoms with E-state index in [0.717, 1.165) is 6.42 Å². The predicted octanol–water partition coefficient (Wildman–Crippen LogP) is 4.76. The lowest BCUT2D eigenvalue weighted by Crippen LogP contribution is -2.38. The minimum atomic E-state index is 0.166. The topological polar surface area (TPSA) is 12.0 Å². The molecule has 0 amide bonds. The Morgan fingerprint density at radius 1 is 1.09 bits per heavy atom. The maximum Gasteiger partial charge on any atom is 0.0296 e. The predicted molar refractivity (Wildman–Crippen MR) is 93.8 cm³/mol. The Morgan fingerprint density at radius 3 is 2.77 bits per heavy atom. The number of hydrogen-bond donors (Lipinski definition) is 1. The van der Waals surface area contributed by atoms with E-state index in [1.165, 1.54) is 36.0 Å². The van der Waals surface area contributed by atoms with E-state index in [9.17, 15) is 0 Å². The summed E-state index contributed by atoms with van der Waals surface area (Å²) in [7, 11) is 0. The number of benzene rings is 1. The minimum Gasteiger partial charge on any atom is -0.304 e. The second kappa shape index (κ2) is 5.24. The van der Waals surface area contributed by atoms with Gasteiger partial charge in [-0.15, -0.1) is 0 Å². The van der Waals surface area contributed by atoms with Gasteiger partial charge >= 0.3 is 0 Å². The van der Waals surface area contributed by atoms with Crippen molar-refractivity contribution in [3.8, 4) is 0 Å². The third-order valence-electron chi connectivity index (χ3n) is 5.57. The Kier molecular flexibility index (Phi) is 3.34. The van der Waals surface area contributed by atoms with E-state index in [1.54, 1.807) is 5.57 Å². The van der Waals surface area contributed by atoms with Gasteiger partial charge < -0.3 is 5.32 Å². The first-order valence-corrected chi connectivity index (χ1v) is 8.61. The van der Waals surface area contributed by atoms with Gasteiger partial charge in [0.2, 0.25) is 0 Å². The highest BCUT2D eigenvalue weighted by atomic mass is 14.9. The van der Waals surface area contributed by atoms with E-state index in [-0.39, 0.29) is 5.41 Å². The Hall–Kier alpha value is -1.60. The first-order valence-electron chi connectivity index (χ1n) is 8.61. The van der Waals surface area contributed by atoms with E-state index < -0.39 is 0 Å². The van der Waals surface area contributed by atoms with Crippen LogP contribution in [-0.4, -0.2) is 12.1 Å². The zero-order valence-electron chi connectivity index (χ0n) is 13.6. The van der Waals surface area contributed by atoms with E-state index >= 15 is 0 Å². The van der Waals surface area contributed by atoms with Crippen molar-refractivity contribution in [2.45, 2.75) is 57.0 Å². The molecule has 2 unspecified atom stereocenters. The smallest absolute Gasteiger partial charge is 0.0296 e. The molecule has 1 nitrogen and oxygen atoms in total. The summed E-state index contributed by atoms with van der Waals surface area (Å²) in [5, 5.41) is 3.83.